The van der Waals surface area contributed by atoms with Crippen molar-refractivity contribution in [1.82, 2.24) is 4.98 Å². The highest BCUT2D eigenvalue weighted by Gasteiger charge is 2.17. The minimum Gasteiger partial charge on any atom is -0.493 e. The van der Waals surface area contributed by atoms with E-state index in [2.05, 4.69) is 17.1 Å². The number of nitrogens with zero attached hydrogens (tertiary/aromatic N) is 1. The highest BCUT2D eigenvalue weighted by Crippen LogP contribution is 2.42. The smallest absolute Gasteiger partial charge is 0.203 e. The number of benzene rings is 2. The topological polar surface area (TPSA) is 53.7 Å². The monoisotopic (exact) mass is 361 g/mol. The second-order valence-corrected chi connectivity index (χ2v) is 5.96. The molecule has 0 bridgehead atoms. The van der Waals surface area contributed by atoms with Crippen LogP contribution in [0.4, 0.5) is 0 Å². The molecule has 0 spiro atoms. The van der Waals surface area contributed by atoms with Gasteiger partial charge in [0, 0.05) is 23.4 Å². The average Bonchev–Trinajstić information content (AvgIpc) is 3.17. The molecule has 0 saturated heterocycles. The van der Waals surface area contributed by atoms with Gasteiger partial charge >= 0.3 is 0 Å². The third kappa shape index (κ3) is 2.97. The fraction of sp³-hybridized carbons (Fsp3) is 0.136. The zero-order valence-electron chi connectivity index (χ0n) is 15.4. The summed E-state index contributed by atoms with van der Waals surface area (Å²) >= 11 is 0. The predicted molar refractivity (Wildman–Crippen MR) is 105 cm³/mol. The first-order valence-electron chi connectivity index (χ1n) is 8.49. The van der Waals surface area contributed by atoms with Crippen molar-refractivity contribution in [2.45, 2.75) is 0 Å². The Morgan fingerprint density at radius 1 is 0.778 bits per heavy atom. The van der Waals surface area contributed by atoms with E-state index in [0.29, 0.717) is 23.0 Å². The molecule has 0 aliphatic carbocycles. The van der Waals surface area contributed by atoms with E-state index in [1.165, 1.54) is 0 Å². The molecule has 4 aromatic rings. The second-order valence-electron chi connectivity index (χ2n) is 5.96. The van der Waals surface area contributed by atoms with Gasteiger partial charge in [0.1, 0.15) is 11.3 Å². The lowest BCUT2D eigenvalue weighted by atomic mass is 10.1. The molecule has 136 valence electrons. The Kier molecular flexibility index (Phi) is 4.42. The van der Waals surface area contributed by atoms with Crippen LogP contribution in [0.3, 0.4) is 0 Å². The SMILES string of the molecule is COc1cc(-c2cc3nccc(-c4ccccc4)c3o2)cc(OC)c1OC. The van der Waals surface area contributed by atoms with E-state index in [9.17, 15) is 0 Å². The fourth-order valence-electron chi connectivity index (χ4n) is 3.15. The van der Waals surface area contributed by atoms with Gasteiger partial charge in [-0.15, -0.1) is 0 Å². The summed E-state index contributed by atoms with van der Waals surface area (Å²) in [4.78, 5) is 4.45. The number of pyridine rings is 1. The number of aromatic nitrogens is 1. The van der Waals surface area contributed by atoms with Crippen molar-refractivity contribution in [2.24, 2.45) is 0 Å². The van der Waals surface area contributed by atoms with Gasteiger partial charge in [-0.3, -0.25) is 4.98 Å². The molecule has 4 rings (SSSR count). The van der Waals surface area contributed by atoms with Gasteiger partial charge in [-0.05, 0) is 23.8 Å². The second kappa shape index (κ2) is 7.03. The number of rotatable bonds is 5. The summed E-state index contributed by atoms with van der Waals surface area (Å²) < 4.78 is 22.5. The molecular formula is C22H19NO4. The van der Waals surface area contributed by atoms with Gasteiger partial charge in [0.25, 0.3) is 0 Å². The van der Waals surface area contributed by atoms with Gasteiger partial charge in [-0.1, -0.05) is 30.3 Å². The van der Waals surface area contributed by atoms with Crippen molar-refractivity contribution in [3.8, 4) is 39.7 Å². The van der Waals surface area contributed by atoms with Gasteiger partial charge in [0.05, 0.1) is 21.3 Å². The van der Waals surface area contributed by atoms with E-state index >= 15 is 0 Å². The summed E-state index contributed by atoms with van der Waals surface area (Å²) in [6.07, 6.45) is 1.79. The fourth-order valence-corrected chi connectivity index (χ4v) is 3.15. The summed E-state index contributed by atoms with van der Waals surface area (Å²) in [7, 11) is 4.76. The summed E-state index contributed by atoms with van der Waals surface area (Å²) in [5.41, 5.74) is 4.43. The summed E-state index contributed by atoms with van der Waals surface area (Å²) in [5, 5.41) is 0. The van der Waals surface area contributed by atoms with Crippen molar-refractivity contribution >= 4 is 11.1 Å². The van der Waals surface area contributed by atoms with Crippen LogP contribution in [0.15, 0.2) is 65.2 Å². The van der Waals surface area contributed by atoms with Crippen LogP contribution in [0, 0.1) is 0 Å². The van der Waals surface area contributed by atoms with Gasteiger partial charge < -0.3 is 18.6 Å². The third-order valence-electron chi connectivity index (χ3n) is 4.45. The van der Waals surface area contributed by atoms with Crippen molar-refractivity contribution in [3.63, 3.8) is 0 Å². The minimum absolute atomic E-state index is 0.544. The van der Waals surface area contributed by atoms with Crippen LogP contribution in [0.1, 0.15) is 0 Å². The Morgan fingerprint density at radius 2 is 1.48 bits per heavy atom. The molecule has 0 unspecified atom stereocenters. The molecular weight excluding hydrogens is 342 g/mol. The lowest BCUT2D eigenvalue weighted by Crippen LogP contribution is -1.95. The zero-order chi connectivity index (χ0) is 18.8. The maximum absolute atomic E-state index is 6.20. The van der Waals surface area contributed by atoms with Crippen LogP contribution in [-0.2, 0) is 0 Å². The maximum Gasteiger partial charge on any atom is 0.203 e. The number of hydrogen-bond donors (Lipinski definition) is 0. The highest BCUT2D eigenvalue weighted by atomic mass is 16.5. The van der Waals surface area contributed by atoms with Gasteiger partial charge in [-0.2, -0.15) is 0 Å². The molecule has 0 amide bonds. The van der Waals surface area contributed by atoms with Crippen molar-refractivity contribution in [2.75, 3.05) is 21.3 Å². The molecule has 0 aliphatic rings. The van der Waals surface area contributed by atoms with E-state index in [1.54, 1.807) is 27.5 Å². The Hall–Kier alpha value is -3.47. The molecule has 0 radical (unpaired) electrons. The van der Waals surface area contributed by atoms with Crippen molar-refractivity contribution in [1.29, 1.82) is 0 Å². The molecule has 2 heterocycles. The molecule has 0 fully saturated rings. The minimum atomic E-state index is 0.544. The van der Waals surface area contributed by atoms with Crippen LogP contribution in [0.5, 0.6) is 17.2 Å². The third-order valence-corrected chi connectivity index (χ3v) is 4.45. The molecule has 0 aliphatic heterocycles. The largest absolute Gasteiger partial charge is 0.493 e. The molecule has 0 saturated carbocycles. The molecule has 5 nitrogen and oxygen atoms in total. The first-order valence-corrected chi connectivity index (χ1v) is 8.49. The summed E-state index contributed by atoms with van der Waals surface area (Å²) in [6, 6.07) is 17.7. The predicted octanol–water partition coefficient (Wildman–Crippen LogP) is 5.19. The molecule has 0 N–H and O–H groups in total. The van der Waals surface area contributed by atoms with Gasteiger partial charge in [-0.25, -0.2) is 0 Å². The number of fused-ring (bicyclic) bond motifs is 1. The van der Waals surface area contributed by atoms with Crippen LogP contribution in [-0.4, -0.2) is 26.3 Å². The zero-order valence-corrected chi connectivity index (χ0v) is 15.4. The van der Waals surface area contributed by atoms with Crippen LogP contribution >= 0.6 is 0 Å². The quantitative estimate of drug-likeness (QED) is 0.490. The lowest BCUT2D eigenvalue weighted by Gasteiger charge is -2.13. The average molecular weight is 361 g/mol. The summed E-state index contributed by atoms with van der Waals surface area (Å²) in [5.74, 6) is 2.37. The Balaban J connectivity index is 1.89. The lowest BCUT2D eigenvalue weighted by molar-refractivity contribution is 0.324. The van der Waals surface area contributed by atoms with Gasteiger partial charge in [0.2, 0.25) is 5.75 Å². The number of ether oxygens (including phenoxy) is 3. The van der Waals surface area contributed by atoms with E-state index in [0.717, 1.165) is 27.8 Å². The van der Waals surface area contributed by atoms with Gasteiger partial charge in [0.15, 0.2) is 17.1 Å². The Bertz CT molecular complexity index is 1060. The standard InChI is InChI=1S/C22H19NO4/c1-24-19-11-15(12-20(25-2)22(19)26-3)18-13-17-21(27-18)16(9-10-23-17)14-7-5-4-6-8-14/h4-13H,1-3H3. The first kappa shape index (κ1) is 17.0. The normalized spacial score (nSPS) is 10.8. The molecule has 27 heavy (non-hydrogen) atoms. The van der Waals surface area contributed by atoms with E-state index < -0.39 is 0 Å². The van der Waals surface area contributed by atoms with E-state index in [1.807, 2.05) is 42.5 Å². The molecule has 2 aromatic heterocycles. The molecule has 0 atom stereocenters. The van der Waals surface area contributed by atoms with E-state index in [-0.39, 0.29) is 0 Å². The Morgan fingerprint density at radius 3 is 2.11 bits per heavy atom. The number of methoxy groups -OCH3 is 3. The number of furan rings is 1. The van der Waals surface area contributed by atoms with Crippen LogP contribution in [0.2, 0.25) is 0 Å². The highest BCUT2D eigenvalue weighted by molar-refractivity contribution is 5.92. The Labute approximate surface area is 157 Å². The van der Waals surface area contributed by atoms with Crippen LogP contribution in [0.25, 0.3) is 33.6 Å². The van der Waals surface area contributed by atoms with Crippen LogP contribution < -0.4 is 14.2 Å². The number of hydrogen-bond acceptors (Lipinski definition) is 5. The first-order chi connectivity index (χ1) is 13.2. The van der Waals surface area contributed by atoms with Crippen molar-refractivity contribution < 1.29 is 18.6 Å². The molecule has 5 heteroatoms. The summed E-state index contributed by atoms with van der Waals surface area (Å²) in [6.45, 7) is 0. The van der Waals surface area contributed by atoms with E-state index in [4.69, 9.17) is 18.6 Å². The molecule has 2 aromatic carbocycles. The maximum atomic E-state index is 6.20. The van der Waals surface area contributed by atoms with Crippen molar-refractivity contribution in [3.05, 3.63) is 60.8 Å².